The van der Waals surface area contributed by atoms with Crippen LogP contribution in [-0.4, -0.2) is 28.4 Å². The fourth-order valence-corrected chi connectivity index (χ4v) is 2.25. The van der Waals surface area contributed by atoms with E-state index in [1.165, 1.54) is 0 Å². The van der Waals surface area contributed by atoms with Crippen molar-refractivity contribution < 1.29 is 4.74 Å². The average Bonchev–Trinajstić information content (AvgIpc) is 2.90. The van der Waals surface area contributed by atoms with E-state index in [1.807, 2.05) is 29.2 Å². The molecule has 2 heterocycles. The molecular formula is C13H13N5OS. The van der Waals surface area contributed by atoms with E-state index in [-0.39, 0.29) is 5.50 Å². The third-order valence-corrected chi connectivity index (χ3v) is 3.25. The molecule has 3 rings (SSSR count). The second kappa shape index (κ2) is 5.38. The number of methoxy groups -OCH3 is 1. The van der Waals surface area contributed by atoms with Gasteiger partial charge in [-0.1, -0.05) is 0 Å². The highest BCUT2D eigenvalue weighted by molar-refractivity contribution is 7.81. The smallest absolute Gasteiger partial charge is 0.182 e. The largest absolute Gasteiger partial charge is 0.497 e. The molecule has 2 aromatic rings. The van der Waals surface area contributed by atoms with Crippen molar-refractivity contribution in [3.05, 3.63) is 48.5 Å². The summed E-state index contributed by atoms with van der Waals surface area (Å²) in [4.78, 5) is 10.3. The standard InChI is InChI=1S/C13H13N5OS/c1-19-10-4-2-9(3-5-10)18-12(16-17-13(18)20)11-8-14-6-7-15-11/h2-8,13,17,20H,1H3. The van der Waals surface area contributed by atoms with E-state index in [1.54, 1.807) is 25.7 Å². The average molecular weight is 287 g/mol. The number of benzene rings is 1. The first-order valence-electron chi connectivity index (χ1n) is 6.00. The van der Waals surface area contributed by atoms with Crippen LogP contribution in [0.1, 0.15) is 5.69 Å². The number of thiol groups is 1. The SMILES string of the molecule is COc1ccc(N2C(c3cnccn3)=NNC2S)cc1. The van der Waals surface area contributed by atoms with E-state index in [2.05, 4.69) is 33.1 Å². The minimum Gasteiger partial charge on any atom is -0.497 e. The van der Waals surface area contributed by atoms with Gasteiger partial charge in [-0.05, 0) is 24.3 Å². The zero-order chi connectivity index (χ0) is 13.9. The lowest BCUT2D eigenvalue weighted by molar-refractivity contribution is 0.415. The minimum atomic E-state index is -0.250. The van der Waals surface area contributed by atoms with E-state index >= 15 is 0 Å². The van der Waals surface area contributed by atoms with Crippen molar-refractivity contribution >= 4 is 24.2 Å². The highest BCUT2D eigenvalue weighted by Crippen LogP contribution is 2.25. The molecule has 1 aliphatic rings. The normalized spacial score (nSPS) is 17.6. The van der Waals surface area contributed by atoms with E-state index in [4.69, 9.17) is 4.74 Å². The molecule has 1 unspecified atom stereocenters. The molecule has 1 aliphatic heterocycles. The van der Waals surface area contributed by atoms with Gasteiger partial charge in [0.1, 0.15) is 11.4 Å². The third-order valence-electron chi connectivity index (χ3n) is 2.90. The van der Waals surface area contributed by atoms with Gasteiger partial charge in [0, 0.05) is 18.1 Å². The van der Waals surface area contributed by atoms with Crippen LogP contribution in [0, 0.1) is 0 Å². The van der Waals surface area contributed by atoms with Gasteiger partial charge in [-0.3, -0.25) is 15.3 Å². The van der Waals surface area contributed by atoms with Crippen LogP contribution < -0.4 is 15.1 Å². The molecule has 1 atom stereocenters. The van der Waals surface area contributed by atoms with E-state index in [0.29, 0.717) is 11.5 Å². The Kier molecular flexibility index (Phi) is 3.42. The number of nitrogens with zero attached hydrogens (tertiary/aromatic N) is 4. The lowest BCUT2D eigenvalue weighted by atomic mass is 10.2. The Hall–Kier alpha value is -2.28. The molecular weight excluding hydrogens is 274 g/mol. The molecule has 1 aromatic carbocycles. The van der Waals surface area contributed by atoms with Gasteiger partial charge in [0.25, 0.3) is 0 Å². The van der Waals surface area contributed by atoms with Crippen LogP contribution >= 0.6 is 12.6 Å². The molecule has 0 spiro atoms. The Bertz CT molecular complexity index is 616. The first-order chi connectivity index (χ1) is 9.79. The van der Waals surface area contributed by atoms with Crippen molar-refractivity contribution in [3.8, 4) is 5.75 Å². The van der Waals surface area contributed by atoms with Crippen molar-refractivity contribution in [3.63, 3.8) is 0 Å². The zero-order valence-corrected chi connectivity index (χ0v) is 11.7. The quantitative estimate of drug-likeness (QED) is 0.837. The van der Waals surface area contributed by atoms with Gasteiger partial charge < -0.3 is 4.74 Å². The number of nitrogens with one attached hydrogen (secondary N) is 1. The van der Waals surface area contributed by atoms with Crippen LogP contribution in [0.2, 0.25) is 0 Å². The van der Waals surface area contributed by atoms with Crippen LogP contribution in [0.4, 0.5) is 5.69 Å². The third kappa shape index (κ3) is 2.27. The summed E-state index contributed by atoms with van der Waals surface area (Å²) < 4.78 is 5.16. The molecule has 0 aliphatic carbocycles. The van der Waals surface area contributed by atoms with Crippen LogP contribution in [-0.2, 0) is 0 Å². The number of rotatable bonds is 3. The van der Waals surface area contributed by atoms with Crippen molar-refractivity contribution in [2.75, 3.05) is 12.0 Å². The molecule has 0 fully saturated rings. The van der Waals surface area contributed by atoms with Crippen LogP contribution in [0.5, 0.6) is 5.75 Å². The summed E-state index contributed by atoms with van der Waals surface area (Å²) in [6, 6.07) is 7.67. The molecule has 6 nitrogen and oxygen atoms in total. The zero-order valence-electron chi connectivity index (χ0n) is 10.8. The fourth-order valence-electron chi connectivity index (χ4n) is 1.95. The molecule has 0 saturated carbocycles. The molecule has 0 saturated heterocycles. The predicted octanol–water partition coefficient (Wildman–Crippen LogP) is 1.47. The van der Waals surface area contributed by atoms with Gasteiger partial charge in [-0.15, -0.1) is 12.6 Å². The lowest BCUT2D eigenvalue weighted by Crippen LogP contribution is -2.37. The fraction of sp³-hybridized carbons (Fsp3) is 0.154. The molecule has 0 radical (unpaired) electrons. The maximum Gasteiger partial charge on any atom is 0.182 e. The summed E-state index contributed by atoms with van der Waals surface area (Å²) in [5.41, 5.74) is 4.31. The summed E-state index contributed by atoms with van der Waals surface area (Å²) >= 11 is 4.48. The van der Waals surface area contributed by atoms with Gasteiger partial charge in [0.15, 0.2) is 11.3 Å². The van der Waals surface area contributed by atoms with Crippen LogP contribution in [0.25, 0.3) is 0 Å². The van der Waals surface area contributed by atoms with Crippen molar-refractivity contribution in [1.29, 1.82) is 0 Å². The number of amidine groups is 1. The molecule has 20 heavy (non-hydrogen) atoms. The molecule has 0 bridgehead atoms. The maximum atomic E-state index is 5.16. The molecule has 1 aromatic heterocycles. The monoisotopic (exact) mass is 287 g/mol. The number of hydrogen-bond donors (Lipinski definition) is 2. The summed E-state index contributed by atoms with van der Waals surface area (Å²) in [6.45, 7) is 0. The number of hydrogen-bond acceptors (Lipinski definition) is 7. The number of anilines is 1. The Morgan fingerprint density at radius 2 is 2.05 bits per heavy atom. The lowest BCUT2D eigenvalue weighted by Gasteiger charge is -2.23. The second-order valence-electron chi connectivity index (χ2n) is 4.10. The minimum absolute atomic E-state index is 0.250. The summed E-state index contributed by atoms with van der Waals surface area (Å²) in [5.74, 6) is 1.48. The first-order valence-corrected chi connectivity index (χ1v) is 6.52. The highest BCUT2D eigenvalue weighted by Gasteiger charge is 2.28. The van der Waals surface area contributed by atoms with Gasteiger partial charge in [0.05, 0.1) is 13.3 Å². The summed E-state index contributed by atoms with van der Waals surface area (Å²) in [6.07, 6.45) is 4.93. The van der Waals surface area contributed by atoms with Crippen LogP contribution in [0.15, 0.2) is 48.0 Å². The summed E-state index contributed by atoms with van der Waals surface area (Å²) in [5, 5.41) is 4.27. The van der Waals surface area contributed by atoms with E-state index < -0.39 is 0 Å². The van der Waals surface area contributed by atoms with Gasteiger partial charge in [-0.25, -0.2) is 4.98 Å². The Morgan fingerprint density at radius 3 is 2.70 bits per heavy atom. The van der Waals surface area contributed by atoms with Gasteiger partial charge in [0.2, 0.25) is 0 Å². The first kappa shape index (κ1) is 12.7. The number of aromatic nitrogens is 2. The molecule has 1 N–H and O–H groups in total. The van der Waals surface area contributed by atoms with Crippen molar-refractivity contribution in [1.82, 2.24) is 15.4 Å². The van der Waals surface area contributed by atoms with E-state index in [0.717, 1.165) is 11.4 Å². The van der Waals surface area contributed by atoms with Crippen molar-refractivity contribution in [2.24, 2.45) is 5.10 Å². The number of hydrazone groups is 1. The Balaban J connectivity index is 1.95. The van der Waals surface area contributed by atoms with Gasteiger partial charge >= 0.3 is 0 Å². The predicted molar refractivity (Wildman–Crippen MR) is 80.0 cm³/mol. The molecule has 7 heteroatoms. The van der Waals surface area contributed by atoms with E-state index in [9.17, 15) is 0 Å². The molecule has 0 amide bonds. The topological polar surface area (TPSA) is 62.6 Å². The van der Waals surface area contributed by atoms with Crippen molar-refractivity contribution in [2.45, 2.75) is 5.50 Å². The summed E-state index contributed by atoms with van der Waals surface area (Å²) in [7, 11) is 1.64. The maximum absolute atomic E-state index is 5.16. The second-order valence-corrected chi connectivity index (χ2v) is 4.59. The Morgan fingerprint density at radius 1 is 1.25 bits per heavy atom. The Labute approximate surface area is 121 Å². The van der Waals surface area contributed by atoms with Crippen LogP contribution in [0.3, 0.4) is 0 Å². The molecule has 102 valence electrons. The number of ether oxygens (including phenoxy) is 1. The van der Waals surface area contributed by atoms with Gasteiger partial charge in [-0.2, -0.15) is 5.10 Å². The highest BCUT2D eigenvalue weighted by atomic mass is 32.1.